The maximum absolute atomic E-state index is 2.46. The van der Waals surface area contributed by atoms with Gasteiger partial charge in [0.25, 0.3) is 0 Å². The highest BCUT2D eigenvalue weighted by atomic mass is 14.3. The molecule has 0 heterocycles. The minimum absolute atomic E-state index is 0.547. The molecule has 2 unspecified atom stereocenters. The molecule has 0 aromatic rings. The van der Waals surface area contributed by atoms with Crippen molar-refractivity contribution in [3.05, 3.63) is 0 Å². The first kappa shape index (κ1) is 15.0. The van der Waals surface area contributed by atoms with E-state index in [9.17, 15) is 0 Å². The van der Waals surface area contributed by atoms with Crippen LogP contribution in [-0.4, -0.2) is 0 Å². The maximum Gasteiger partial charge on any atom is -0.0349 e. The quantitative estimate of drug-likeness (QED) is 0.486. The van der Waals surface area contributed by atoms with Gasteiger partial charge in [0, 0.05) is 0 Å². The zero-order chi connectivity index (χ0) is 11.9. The van der Waals surface area contributed by atoms with Crippen LogP contribution in [-0.2, 0) is 0 Å². The van der Waals surface area contributed by atoms with E-state index >= 15 is 0 Å². The van der Waals surface area contributed by atoms with Gasteiger partial charge in [-0.25, -0.2) is 0 Å². The van der Waals surface area contributed by atoms with Crippen LogP contribution in [0.3, 0.4) is 0 Å². The topological polar surface area (TPSA) is 0 Å². The number of hydrogen-bond acceptors (Lipinski definition) is 0. The smallest absolute Gasteiger partial charge is 0.0349 e. The van der Waals surface area contributed by atoms with Crippen molar-refractivity contribution in [3.8, 4) is 0 Å². The Morgan fingerprint density at radius 1 is 0.933 bits per heavy atom. The van der Waals surface area contributed by atoms with Crippen LogP contribution < -0.4 is 0 Å². The van der Waals surface area contributed by atoms with Crippen LogP contribution in [0.15, 0.2) is 0 Å². The first-order valence-electron chi connectivity index (χ1n) is 6.95. The van der Waals surface area contributed by atoms with E-state index in [-0.39, 0.29) is 0 Å². The first-order valence-corrected chi connectivity index (χ1v) is 6.95. The molecular weight excluding hydrogens is 180 g/mol. The van der Waals surface area contributed by atoms with Crippen molar-refractivity contribution < 1.29 is 0 Å². The molecule has 0 saturated heterocycles. The Hall–Kier alpha value is 0. The van der Waals surface area contributed by atoms with E-state index in [0.29, 0.717) is 5.41 Å². The SMILES string of the molecule is CCCC(CC)CC(C)(C)CC(C)CC. The summed E-state index contributed by atoms with van der Waals surface area (Å²) >= 11 is 0. The molecule has 0 aliphatic rings. The molecule has 2 atom stereocenters. The molecule has 0 saturated carbocycles. The van der Waals surface area contributed by atoms with E-state index in [1.807, 2.05) is 0 Å². The van der Waals surface area contributed by atoms with Crippen LogP contribution in [0.5, 0.6) is 0 Å². The predicted molar refractivity (Wildman–Crippen MR) is 71.2 cm³/mol. The second-order valence-electron chi connectivity index (χ2n) is 6.15. The molecule has 0 heteroatoms. The second-order valence-corrected chi connectivity index (χ2v) is 6.15. The Kier molecular flexibility index (Phi) is 7.30. The standard InChI is InChI=1S/C15H32/c1-7-10-14(9-3)12-15(5,6)11-13(4)8-2/h13-14H,7-12H2,1-6H3. The van der Waals surface area contributed by atoms with Crippen molar-refractivity contribution in [1.82, 2.24) is 0 Å². The lowest BCUT2D eigenvalue weighted by Gasteiger charge is -2.31. The summed E-state index contributed by atoms with van der Waals surface area (Å²) in [4.78, 5) is 0. The molecule has 92 valence electrons. The first-order chi connectivity index (χ1) is 6.95. The lowest BCUT2D eigenvalue weighted by molar-refractivity contribution is 0.201. The van der Waals surface area contributed by atoms with E-state index in [4.69, 9.17) is 0 Å². The molecule has 0 aliphatic carbocycles. The van der Waals surface area contributed by atoms with E-state index in [0.717, 1.165) is 11.8 Å². The van der Waals surface area contributed by atoms with Crippen LogP contribution in [0.2, 0.25) is 0 Å². The Morgan fingerprint density at radius 2 is 1.53 bits per heavy atom. The molecule has 0 spiro atoms. The van der Waals surface area contributed by atoms with Gasteiger partial charge >= 0.3 is 0 Å². The maximum atomic E-state index is 2.46. The summed E-state index contributed by atoms with van der Waals surface area (Å²) in [6.45, 7) is 14.3. The van der Waals surface area contributed by atoms with Crippen molar-refractivity contribution in [1.29, 1.82) is 0 Å². The Balaban J connectivity index is 4.08. The van der Waals surface area contributed by atoms with Crippen LogP contribution in [0.4, 0.5) is 0 Å². The molecule has 0 rings (SSSR count). The van der Waals surface area contributed by atoms with Gasteiger partial charge in [-0.1, -0.05) is 67.2 Å². The fourth-order valence-electron chi connectivity index (χ4n) is 2.81. The molecule has 0 amide bonds. The summed E-state index contributed by atoms with van der Waals surface area (Å²) in [7, 11) is 0. The van der Waals surface area contributed by atoms with Crippen molar-refractivity contribution in [3.63, 3.8) is 0 Å². The van der Waals surface area contributed by atoms with Gasteiger partial charge in [0.2, 0.25) is 0 Å². The second kappa shape index (κ2) is 7.30. The van der Waals surface area contributed by atoms with Crippen molar-refractivity contribution in [2.24, 2.45) is 17.3 Å². The fraction of sp³-hybridized carbons (Fsp3) is 1.00. The zero-order valence-corrected chi connectivity index (χ0v) is 11.9. The van der Waals surface area contributed by atoms with Crippen LogP contribution in [0, 0.1) is 17.3 Å². The molecule has 0 nitrogen and oxygen atoms in total. The Labute approximate surface area is 97.8 Å². The third kappa shape index (κ3) is 6.98. The van der Waals surface area contributed by atoms with E-state index in [1.165, 1.54) is 38.5 Å². The molecule has 0 bridgehead atoms. The monoisotopic (exact) mass is 212 g/mol. The molecule has 0 aromatic carbocycles. The van der Waals surface area contributed by atoms with Gasteiger partial charge in [-0.3, -0.25) is 0 Å². The van der Waals surface area contributed by atoms with Gasteiger partial charge in [-0.15, -0.1) is 0 Å². The average Bonchev–Trinajstić information content (AvgIpc) is 2.15. The highest BCUT2D eigenvalue weighted by molar-refractivity contribution is 4.75. The van der Waals surface area contributed by atoms with E-state index < -0.39 is 0 Å². The third-order valence-corrected chi connectivity index (χ3v) is 3.71. The van der Waals surface area contributed by atoms with Crippen LogP contribution in [0.1, 0.15) is 80.1 Å². The number of hydrogen-bond donors (Lipinski definition) is 0. The molecule has 0 aromatic heterocycles. The molecule has 0 aliphatic heterocycles. The lowest BCUT2D eigenvalue weighted by Crippen LogP contribution is -2.19. The normalized spacial score (nSPS) is 16.4. The zero-order valence-electron chi connectivity index (χ0n) is 11.9. The largest absolute Gasteiger partial charge is 0.0654 e. The predicted octanol–water partition coefficient (Wildman–Crippen LogP) is 5.67. The van der Waals surface area contributed by atoms with Gasteiger partial charge < -0.3 is 0 Å². The molecule has 0 N–H and O–H groups in total. The average molecular weight is 212 g/mol. The fourth-order valence-corrected chi connectivity index (χ4v) is 2.81. The van der Waals surface area contributed by atoms with Crippen molar-refractivity contribution >= 4 is 0 Å². The van der Waals surface area contributed by atoms with E-state index in [2.05, 4.69) is 41.5 Å². The van der Waals surface area contributed by atoms with Gasteiger partial charge in [0.05, 0.1) is 0 Å². The van der Waals surface area contributed by atoms with Gasteiger partial charge in [-0.2, -0.15) is 0 Å². The lowest BCUT2D eigenvalue weighted by atomic mass is 9.74. The van der Waals surface area contributed by atoms with Crippen LogP contribution in [0.25, 0.3) is 0 Å². The summed E-state index contributed by atoms with van der Waals surface area (Å²) in [5, 5.41) is 0. The highest BCUT2D eigenvalue weighted by Crippen LogP contribution is 2.35. The number of rotatable bonds is 8. The van der Waals surface area contributed by atoms with Gasteiger partial charge in [-0.05, 0) is 30.1 Å². The van der Waals surface area contributed by atoms with Gasteiger partial charge in [0.15, 0.2) is 0 Å². The minimum Gasteiger partial charge on any atom is -0.0654 e. The minimum atomic E-state index is 0.547. The summed E-state index contributed by atoms with van der Waals surface area (Å²) < 4.78 is 0. The van der Waals surface area contributed by atoms with Gasteiger partial charge in [0.1, 0.15) is 0 Å². The summed E-state index contributed by atoms with van der Waals surface area (Å²) in [5.74, 6) is 1.84. The summed E-state index contributed by atoms with van der Waals surface area (Å²) in [5.41, 5.74) is 0.547. The molecule has 0 fully saturated rings. The van der Waals surface area contributed by atoms with Crippen molar-refractivity contribution in [2.75, 3.05) is 0 Å². The molecule has 15 heavy (non-hydrogen) atoms. The summed E-state index contributed by atoms with van der Waals surface area (Å²) in [6.07, 6.45) is 8.26. The highest BCUT2D eigenvalue weighted by Gasteiger charge is 2.23. The Morgan fingerprint density at radius 3 is 1.93 bits per heavy atom. The van der Waals surface area contributed by atoms with Crippen molar-refractivity contribution in [2.45, 2.75) is 80.1 Å². The van der Waals surface area contributed by atoms with Crippen LogP contribution >= 0.6 is 0 Å². The Bertz CT molecular complexity index is 146. The van der Waals surface area contributed by atoms with E-state index in [1.54, 1.807) is 0 Å². The molecular formula is C15H32. The summed E-state index contributed by atoms with van der Waals surface area (Å²) in [6, 6.07) is 0. The molecule has 0 radical (unpaired) electrons. The third-order valence-electron chi connectivity index (χ3n) is 3.71.